The molecule has 1 aliphatic heterocycles. The van der Waals surface area contributed by atoms with Crippen molar-refractivity contribution < 1.29 is 4.79 Å². The van der Waals surface area contributed by atoms with Gasteiger partial charge in [0.15, 0.2) is 5.11 Å². The number of carbonyl (C=O) groups is 1. The molecule has 1 aromatic heterocycles. The molecule has 23 heavy (non-hydrogen) atoms. The smallest absolute Gasteiger partial charge is 0.281 e. The fraction of sp³-hybridized carbons (Fsp3) is 0. The average molecular weight is 338 g/mol. The number of rotatable bonds is 2. The van der Waals surface area contributed by atoms with E-state index in [-0.39, 0.29) is 5.91 Å². The summed E-state index contributed by atoms with van der Waals surface area (Å²) in [4.78, 5) is 14.2. The van der Waals surface area contributed by atoms with Gasteiger partial charge in [-0.05, 0) is 36.5 Å². The van der Waals surface area contributed by atoms with Crippen LogP contribution in [0.3, 0.4) is 0 Å². The van der Waals surface area contributed by atoms with E-state index >= 15 is 0 Å². The summed E-state index contributed by atoms with van der Waals surface area (Å²) in [5.41, 5.74) is 3.61. The van der Waals surface area contributed by atoms with Crippen molar-refractivity contribution >= 4 is 57.8 Å². The van der Waals surface area contributed by atoms with Crippen molar-refractivity contribution in [2.45, 2.75) is 0 Å². The van der Waals surface area contributed by atoms with Gasteiger partial charge in [-0.1, -0.05) is 30.3 Å². The van der Waals surface area contributed by atoms with Crippen molar-refractivity contribution in [1.29, 1.82) is 0 Å². The van der Waals surface area contributed by atoms with Crippen molar-refractivity contribution in [3.05, 3.63) is 59.8 Å². The molecule has 2 aromatic carbocycles. The maximum Gasteiger partial charge on any atom is 0.281 e. The van der Waals surface area contributed by atoms with E-state index in [2.05, 4.69) is 14.1 Å². The Morgan fingerprint density at radius 1 is 1.09 bits per heavy atom. The highest BCUT2D eigenvalue weighted by molar-refractivity contribution is 7.80. The number of nitrogens with one attached hydrogen (secondary N) is 1. The number of hydrogen-bond acceptors (Lipinski definition) is 5. The number of aromatic nitrogens is 2. The Morgan fingerprint density at radius 3 is 2.74 bits per heavy atom. The number of amides is 1. The fourth-order valence-corrected chi connectivity index (χ4v) is 3.30. The normalized spacial score (nSPS) is 16.3. The first-order chi connectivity index (χ1) is 11.2. The molecule has 0 radical (unpaired) electrons. The standard InChI is InChI=1S/C16H10N4OS2/c21-15-13(9-10-5-4-8-12-14(10)19-23-18-12)17-16(22)20(15)11-6-2-1-3-7-11/h1-9H,(H,17,22)/b13-9+. The SMILES string of the molecule is O=C1/C(=C\c2cccc3nsnc23)NC(=S)N1c1ccccc1. The highest BCUT2D eigenvalue weighted by Crippen LogP contribution is 2.24. The molecule has 4 rings (SSSR count). The third-order valence-corrected chi connectivity index (χ3v) is 4.34. The van der Waals surface area contributed by atoms with Crippen LogP contribution >= 0.6 is 23.9 Å². The maximum absolute atomic E-state index is 12.7. The fourth-order valence-electron chi connectivity index (χ4n) is 2.45. The van der Waals surface area contributed by atoms with Crippen molar-refractivity contribution in [2.75, 3.05) is 4.90 Å². The third kappa shape index (κ3) is 2.39. The number of hydrogen-bond donors (Lipinski definition) is 1. The summed E-state index contributed by atoms with van der Waals surface area (Å²) in [5, 5.41) is 3.35. The van der Waals surface area contributed by atoms with Gasteiger partial charge in [-0.15, -0.1) is 0 Å². The van der Waals surface area contributed by atoms with Crippen LogP contribution in [-0.4, -0.2) is 19.8 Å². The minimum absolute atomic E-state index is 0.179. The average Bonchev–Trinajstić information content (AvgIpc) is 3.14. The molecule has 0 unspecified atom stereocenters. The Kier molecular flexibility index (Phi) is 3.36. The van der Waals surface area contributed by atoms with Gasteiger partial charge in [-0.25, -0.2) is 0 Å². The van der Waals surface area contributed by atoms with E-state index in [1.807, 2.05) is 48.5 Å². The minimum atomic E-state index is -0.179. The van der Waals surface area contributed by atoms with Crippen molar-refractivity contribution in [1.82, 2.24) is 14.1 Å². The Morgan fingerprint density at radius 2 is 1.91 bits per heavy atom. The van der Waals surface area contributed by atoms with Crippen LogP contribution in [0.15, 0.2) is 54.2 Å². The molecule has 0 spiro atoms. The van der Waals surface area contributed by atoms with Crippen LogP contribution in [0.1, 0.15) is 5.56 Å². The molecule has 7 heteroatoms. The monoisotopic (exact) mass is 338 g/mol. The van der Waals surface area contributed by atoms with E-state index in [1.54, 1.807) is 6.08 Å². The lowest BCUT2D eigenvalue weighted by Crippen LogP contribution is -2.30. The molecule has 112 valence electrons. The molecule has 3 aromatic rings. The second-order valence-electron chi connectivity index (χ2n) is 4.94. The Hall–Kier alpha value is -2.64. The van der Waals surface area contributed by atoms with Crippen LogP contribution in [0, 0.1) is 0 Å². The van der Waals surface area contributed by atoms with Gasteiger partial charge in [0, 0.05) is 5.56 Å². The summed E-state index contributed by atoms with van der Waals surface area (Å²) >= 11 is 6.45. The van der Waals surface area contributed by atoms with Crippen LogP contribution in [0.4, 0.5) is 5.69 Å². The Bertz CT molecular complexity index is 949. The number of thiocarbonyl (C=S) groups is 1. The number of fused-ring (bicyclic) bond motifs is 1. The molecule has 1 aliphatic rings. The lowest BCUT2D eigenvalue weighted by Gasteiger charge is -2.13. The number of carbonyl (C=O) groups excluding carboxylic acids is 1. The summed E-state index contributed by atoms with van der Waals surface area (Å²) in [6.45, 7) is 0. The first-order valence-corrected chi connectivity index (χ1v) is 8.01. The van der Waals surface area contributed by atoms with E-state index in [0.29, 0.717) is 10.8 Å². The second-order valence-corrected chi connectivity index (χ2v) is 5.86. The molecule has 1 saturated heterocycles. The van der Waals surface area contributed by atoms with Gasteiger partial charge in [0.25, 0.3) is 5.91 Å². The molecule has 5 nitrogen and oxygen atoms in total. The molecule has 1 N–H and O–H groups in total. The first-order valence-electron chi connectivity index (χ1n) is 6.87. The van der Waals surface area contributed by atoms with E-state index in [0.717, 1.165) is 34.0 Å². The van der Waals surface area contributed by atoms with Gasteiger partial charge in [0.2, 0.25) is 0 Å². The number of nitrogens with zero attached hydrogens (tertiary/aromatic N) is 3. The lowest BCUT2D eigenvalue weighted by atomic mass is 10.1. The zero-order valence-corrected chi connectivity index (χ0v) is 13.4. The van der Waals surface area contributed by atoms with Crippen molar-refractivity contribution in [3.63, 3.8) is 0 Å². The van der Waals surface area contributed by atoms with Gasteiger partial charge in [-0.2, -0.15) is 8.75 Å². The molecular weight excluding hydrogens is 328 g/mol. The van der Waals surface area contributed by atoms with Crippen molar-refractivity contribution in [2.24, 2.45) is 0 Å². The van der Waals surface area contributed by atoms with E-state index in [9.17, 15) is 4.79 Å². The highest BCUT2D eigenvalue weighted by Gasteiger charge is 2.31. The number of anilines is 1. The van der Waals surface area contributed by atoms with Gasteiger partial charge < -0.3 is 5.32 Å². The summed E-state index contributed by atoms with van der Waals surface area (Å²) in [6.07, 6.45) is 1.77. The van der Waals surface area contributed by atoms with Gasteiger partial charge in [0.1, 0.15) is 16.7 Å². The van der Waals surface area contributed by atoms with Crippen LogP contribution < -0.4 is 10.2 Å². The van der Waals surface area contributed by atoms with Crippen LogP contribution in [0.5, 0.6) is 0 Å². The van der Waals surface area contributed by atoms with Gasteiger partial charge in [-0.3, -0.25) is 9.69 Å². The molecule has 0 aliphatic carbocycles. The van der Waals surface area contributed by atoms with E-state index in [4.69, 9.17) is 12.2 Å². The summed E-state index contributed by atoms with van der Waals surface area (Å²) in [7, 11) is 0. The molecule has 1 fully saturated rings. The highest BCUT2D eigenvalue weighted by atomic mass is 32.1. The van der Waals surface area contributed by atoms with Gasteiger partial charge in [0.05, 0.1) is 17.4 Å². The van der Waals surface area contributed by atoms with E-state index < -0.39 is 0 Å². The van der Waals surface area contributed by atoms with Crippen LogP contribution in [-0.2, 0) is 4.79 Å². The molecule has 2 heterocycles. The van der Waals surface area contributed by atoms with Gasteiger partial charge >= 0.3 is 0 Å². The predicted octanol–water partition coefficient (Wildman–Crippen LogP) is 2.95. The number of para-hydroxylation sites is 1. The molecule has 0 saturated carbocycles. The molecule has 1 amide bonds. The first kappa shape index (κ1) is 14.0. The van der Waals surface area contributed by atoms with Crippen molar-refractivity contribution in [3.8, 4) is 0 Å². The lowest BCUT2D eigenvalue weighted by molar-refractivity contribution is -0.113. The van der Waals surface area contributed by atoms with Crippen LogP contribution in [0.25, 0.3) is 17.1 Å². The summed E-state index contributed by atoms with van der Waals surface area (Å²) < 4.78 is 8.49. The summed E-state index contributed by atoms with van der Waals surface area (Å²) in [5.74, 6) is -0.179. The summed E-state index contributed by atoms with van der Waals surface area (Å²) in [6, 6.07) is 15.0. The zero-order valence-electron chi connectivity index (χ0n) is 11.8. The third-order valence-electron chi connectivity index (χ3n) is 3.51. The zero-order chi connectivity index (χ0) is 15.8. The topological polar surface area (TPSA) is 58.1 Å². The second kappa shape index (κ2) is 5.53. The predicted molar refractivity (Wildman–Crippen MR) is 95.1 cm³/mol. The van der Waals surface area contributed by atoms with E-state index in [1.165, 1.54) is 4.90 Å². The molecule has 0 atom stereocenters. The molecule has 0 bridgehead atoms. The quantitative estimate of drug-likeness (QED) is 0.575. The Balaban J connectivity index is 1.75. The largest absolute Gasteiger partial charge is 0.327 e. The van der Waals surface area contributed by atoms with Crippen LogP contribution in [0.2, 0.25) is 0 Å². The minimum Gasteiger partial charge on any atom is -0.327 e. The Labute approximate surface area is 141 Å². The number of benzene rings is 2. The molecular formula is C16H10N4OS2. The maximum atomic E-state index is 12.7.